The molecule has 1 heterocycles. The van der Waals surface area contributed by atoms with Crippen molar-refractivity contribution in [1.29, 1.82) is 0 Å². The molecule has 0 radical (unpaired) electrons. The van der Waals surface area contributed by atoms with Crippen molar-refractivity contribution in [3.63, 3.8) is 0 Å². The van der Waals surface area contributed by atoms with Gasteiger partial charge in [-0.1, -0.05) is 30.3 Å². The van der Waals surface area contributed by atoms with Crippen LogP contribution in [-0.4, -0.2) is 30.3 Å². The second kappa shape index (κ2) is 9.83. The van der Waals surface area contributed by atoms with Crippen LogP contribution in [0.1, 0.15) is 11.3 Å². The summed E-state index contributed by atoms with van der Waals surface area (Å²) >= 11 is 1.52. The summed E-state index contributed by atoms with van der Waals surface area (Å²) in [6, 6.07) is 17.6. The van der Waals surface area contributed by atoms with Crippen LogP contribution in [0.3, 0.4) is 0 Å². The first kappa shape index (κ1) is 19.0. The Labute approximate surface area is 163 Å². The number of benzene rings is 2. The van der Waals surface area contributed by atoms with Gasteiger partial charge in [-0.05, 0) is 36.2 Å². The Bertz CT molecular complexity index is 847. The quantitative estimate of drug-likeness (QED) is 0.607. The third kappa shape index (κ3) is 5.89. The Morgan fingerprint density at radius 3 is 2.67 bits per heavy atom. The van der Waals surface area contributed by atoms with E-state index in [9.17, 15) is 4.79 Å². The topological polar surface area (TPSA) is 64.4 Å². The van der Waals surface area contributed by atoms with Crippen molar-refractivity contribution in [3.8, 4) is 17.2 Å². The van der Waals surface area contributed by atoms with Crippen LogP contribution in [0.2, 0.25) is 0 Å². The van der Waals surface area contributed by atoms with Crippen LogP contribution >= 0.6 is 11.8 Å². The molecule has 27 heavy (non-hydrogen) atoms. The SMILES string of the molecule is COc1ccc(CCNC(=O)CSCc2coc(-c3ccccc3)n2)cc1. The molecule has 6 heteroatoms. The predicted octanol–water partition coefficient (Wildman–Crippen LogP) is 3.94. The van der Waals surface area contributed by atoms with Gasteiger partial charge in [-0.2, -0.15) is 0 Å². The van der Waals surface area contributed by atoms with Crippen molar-refractivity contribution in [2.45, 2.75) is 12.2 Å². The van der Waals surface area contributed by atoms with Crippen LogP contribution in [0, 0.1) is 0 Å². The molecule has 0 bridgehead atoms. The minimum Gasteiger partial charge on any atom is -0.497 e. The van der Waals surface area contributed by atoms with E-state index in [1.54, 1.807) is 13.4 Å². The molecular formula is C21H22N2O3S. The maximum Gasteiger partial charge on any atom is 0.230 e. The number of carbonyl (C=O) groups is 1. The lowest BCUT2D eigenvalue weighted by atomic mass is 10.1. The minimum absolute atomic E-state index is 0.0280. The summed E-state index contributed by atoms with van der Waals surface area (Å²) in [6.45, 7) is 0.619. The zero-order valence-corrected chi connectivity index (χ0v) is 16.0. The molecule has 0 saturated heterocycles. The molecule has 0 aliphatic heterocycles. The van der Waals surface area contributed by atoms with Crippen LogP contribution < -0.4 is 10.1 Å². The van der Waals surface area contributed by atoms with Crippen molar-refractivity contribution >= 4 is 17.7 Å². The molecule has 1 N–H and O–H groups in total. The van der Waals surface area contributed by atoms with E-state index in [1.165, 1.54) is 17.3 Å². The Balaban J connectivity index is 1.35. The van der Waals surface area contributed by atoms with Gasteiger partial charge in [0, 0.05) is 17.9 Å². The number of rotatable bonds is 9. The number of oxazole rings is 1. The van der Waals surface area contributed by atoms with Gasteiger partial charge >= 0.3 is 0 Å². The maximum absolute atomic E-state index is 12.0. The highest BCUT2D eigenvalue weighted by atomic mass is 32.2. The predicted molar refractivity (Wildman–Crippen MR) is 108 cm³/mol. The van der Waals surface area contributed by atoms with Gasteiger partial charge in [0.15, 0.2) is 0 Å². The summed E-state index contributed by atoms with van der Waals surface area (Å²) in [5.41, 5.74) is 2.95. The summed E-state index contributed by atoms with van der Waals surface area (Å²) < 4.78 is 10.6. The fourth-order valence-corrected chi connectivity index (χ4v) is 3.26. The fourth-order valence-electron chi connectivity index (χ4n) is 2.52. The molecule has 1 aromatic heterocycles. The molecule has 0 spiro atoms. The Morgan fingerprint density at radius 1 is 1.15 bits per heavy atom. The summed E-state index contributed by atoms with van der Waals surface area (Å²) in [4.78, 5) is 16.4. The number of nitrogens with zero attached hydrogens (tertiary/aromatic N) is 1. The number of nitrogens with one attached hydrogen (secondary N) is 1. The molecule has 0 atom stereocenters. The third-order valence-electron chi connectivity index (χ3n) is 3.95. The number of aromatic nitrogens is 1. The number of hydrogen-bond acceptors (Lipinski definition) is 5. The number of hydrogen-bond donors (Lipinski definition) is 1. The zero-order valence-electron chi connectivity index (χ0n) is 15.2. The van der Waals surface area contributed by atoms with Crippen molar-refractivity contribution in [2.24, 2.45) is 0 Å². The van der Waals surface area contributed by atoms with Gasteiger partial charge in [0.25, 0.3) is 0 Å². The normalized spacial score (nSPS) is 10.6. The van der Waals surface area contributed by atoms with Crippen molar-refractivity contribution in [1.82, 2.24) is 10.3 Å². The van der Waals surface area contributed by atoms with Gasteiger partial charge in [-0.25, -0.2) is 4.98 Å². The minimum atomic E-state index is 0.0280. The van der Waals surface area contributed by atoms with Gasteiger partial charge < -0.3 is 14.5 Å². The Hall–Kier alpha value is -2.73. The van der Waals surface area contributed by atoms with Crippen molar-refractivity contribution in [3.05, 3.63) is 72.1 Å². The van der Waals surface area contributed by atoms with Crippen LogP contribution in [0.5, 0.6) is 5.75 Å². The lowest BCUT2D eigenvalue weighted by molar-refractivity contribution is -0.118. The molecule has 2 aromatic carbocycles. The fraction of sp³-hybridized carbons (Fsp3) is 0.238. The molecule has 0 fully saturated rings. The average Bonchev–Trinajstić information content (AvgIpc) is 3.18. The van der Waals surface area contributed by atoms with Gasteiger partial charge in [-0.3, -0.25) is 4.79 Å². The van der Waals surface area contributed by atoms with Crippen molar-refractivity contribution < 1.29 is 13.9 Å². The average molecular weight is 382 g/mol. The Morgan fingerprint density at radius 2 is 1.93 bits per heavy atom. The highest BCUT2D eigenvalue weighted by Crippen LogP contribution is 2.20. The van der Waals surface area contributed by atoms with Crippen LogP contribution in [0.15, 0.2) is 65.3 Å². The van der Waals surface area contributed by atoms with Gasteiger partial charge in [-0.15, -0.1) is 11.8 Å². The van der Waals surface area contributed by atoms with E-state index in [4.69, 9.17) is 9.15 Å². The summed E-state index contributed by atoms with van der Waals surface area (Å²) in [5, 5.41) is 2.94. The van der Waals surface area contributed by atoms with E-state index in [1.807, 2.05) is 54.6 Å². The van der Waals surface area contributed by atoms with E-state index >= 15 is 0 Å². The second-order valence-electron chi connectivity index (χ2n) is 5.95. The Kier molecular flexibility index (Phi) is 6.93. The number of ether oxygens (including phenoxy) is 1. The van der Waals surface area contributed by atoms with Crippen LogP contribution in [0.25, 0.3) is 11.5 Å². The lowest BCUT2D eigenvalue weighted by Gasteiger charge is -2.06. The molecular weight excluding hydrogens is 360 g/mol. The first-order chi connectivity index (χ1) is 13.2. The smallest absolute Gasteiger partial charge is 0.230 e. The van der Waals surface area contributed by atoms with Crippen LogP contribution in [0.4, 0.5) is 0 Å². The second-order valence-corrected chi connectivity index (χ2v) is 6.94. The summed E-state index contributed by atoms with van der Waals surface area (Å²) in [5.74, 6) is 2.51. The number of carbonyl (C=O) groups excluding carboxylic acids is 1. The molecule has 0 saturated carbocycles. The molecule has 0 aliphatic rings. The maximum atomic E-state index is 12.0. The number of amides is 1. The lowest BCUT2D eigenvalue weighted by Crippen LogP contribution is -2.27. The van der Waals surface area contributed by atoms with Crippen LogP contribution in [-0.2, 0) is 17.0 Å². The van der Waals surface area contributed by atoms with Crippen molar-refractivity contribution in [2.75, 3.05) is 19.4 Å². The van der Waals surface area contributed by atoms with Gasteiger partial charge in [0.05, 0.1) is 18.6 Å². The summed E-state index contributed by atoms with van der Waals surface area (Å²) in [6.07, 6.45) is 2.45. The van der Waals surface area contributed by atoms with E-state index < -0.39 is 0 Å². The zero-order chi connectivity index (χ0) is 18.9. The molecule has 3 aromatic rings. The standard InChI is InChI=1S/C21H22N2O3S/c1-25-19-9-7-16(8-10-19)11-12-22-20(24)15-27-14-18-13-26-21(23-18)17-5-3-2-4-6-17/h2-10,13H,11-12,14-15H2,1H3,(H,22,24). The molecule has 0 aliphatic carbocycles. The van der Waals surface area contributed by atoms with E-state index in [0.29, 0.717) is 23.9 Å². The monoisotopic (exact) mass is 382 g/mol. The van der Waals surface area contributed by atoms with Gasteiger partial charge in [0.2, 0.25) is 11.8 Å². The highest BCUT2D eigenvalue weighted by molar-refractivity contribution is 7.99. The largest absolute Gasteiger partial charge is 0.497 e. The van der Waals surface area contributed by atoms with E-state index in [0.717, 1.165) is 23.4 Å². The molecule has 0 unspecified atom stereocenters. The molecule has 140 valence electrons. The van der Waals surface area contributed by atoms with Gasteiger partial charge in [0.1, 0.15) is 12.0 Å². The van der Waals surface area contributed by atoms with E-state index in [2.05, 4.69) is 10.3 Å². The first-order valence-corrected chi connectivity index (χ1v) is 9.87. The molecule has 1 amide bonds. The highest BCUT2D eigenvalue weighted by Gasteiger charge is 2.08. The number of thioether (sulfide) groups is 1. The molecule has 5 nitrogen and oxygen atoms in total. The van der Waals surface area contributed by atoms with E-state index in [-0.39, 0.29) is 5.91 Å². The molecule has 3 rings (SSSR count). The summed E-state index contributed by atoms with van der Waals surface area (Å²) in [7, 11) is 1.65. The third-order valence-corrected chi connectivity index (χ3v) is 4.92. The number of methoxy groups -OCH3 is 1. The first-order valence-electron chi connectivity index (χ1n) is 8.72.